The third-order valence-corrected chi connectivity index (χ3v) is 6.41. The molecule has 2 atom stereocenters. The van der Waals surface area contributed by atoms with E-state index >= 15 is 0 Å². The minimum atomic E-state index is 0.555. The third kappa shape index (κ3) is 2.95. The number of nitrogens with one attached hydrogen (secondary N) is 1. The molecule has 1 aromatic carbocycles. The van der Waals surface area contributed by atoms with E-state index in [0.29, 0.717) is 6.04 Å². The van der Waals surface area contributed by atoms with Crippen molar-refractivity contribution < 1.29 is 0 Å². The summed E-state index contributed by atoms with van der Waals surface area (Å²) in [7, 11) is 0. The van der Waals surface area contributed by atoms with Crippen molar-refractivity contribution in [1.29, 1.82) is 0 Å². The average molecular weight is 382 g/mol. The number of hydrogen-bond donors (Lipinski definition) is 1. The van der Waals surface area contributed by atoms with Crippen LogP contribution in [0.1, 0.15) is 37.3 Å². The van der Waals surface area contributed by atoms with Gasteiger partial charge in [0.1, 0.15) is 12.0 Å². The molecular weight excluding hydrogens is 360 g/mol. The van der Waals surface area contributed by atoms with Crippen LogP contribution in [-0.4, -0.2) is 29.7 Å². The number of aromatic nitrogens is 6. The van der Waals surface area contributed by atoms with Gasteiger partial charge in [-0.25, -0.2) is 15.0 Å². The van der Waals surface area contributed by atoms with Gasteiger partial charge >= 0.3 is 0 Å². The van der Waals surface area contributed by atoms with Crippen LogP contribution in [0.15, 0.2) is 55.2 Å². The first-order chi connectivity index (χ1) is 14.3. The van der Waals surface area contributed by atoms with Crippen molar-refractivity contribution in [2.45, 2.75) is 38.1 Å². The number of rotatable bonds is 4. The van der Waals surface area contributed by atoms with Gasteiger partial charge in [0.15, 0.2) is 5.65 Å². The van der Waals surface area contributed by atoms with Crippen LogP contribution in [0.25, 0.3) is 33.0 Å². The van der Waals surface area contributed by atoms with Gasteiger partial charge in [0.05, 0.1) is 11.7 Å². The number of fused-ring (bicyclic) bond motifs is 3. The number of hydrogen-bond acceptors (Lipinski definition) is 4. The van der Waals surface area contributed by atoms with Crippen LogP contribution >= 0.6 is 0 Å². The molecule has 1 saturated carbocycles. The van der Waals surface area contributed by atoms with Crippen molar-refractivity contribution in [3.8, 4) is 0 Å². The van der Waals surface area contributed by atoms with Crippen molar-refractivity contribution in [3.05, 3.63) is 60.8 Å². The Bertz CT molecular complexity index is 1320. The normalized spacial score (nSPS) is 19.6. The molecule has 0 amide bonds. The molecule has 144 valence electrons. The standard InChI is InChI=1S/C23H22N6/c1(2-16-3-5-17-11-19-13-26-28-22(19)27-21(17)10-16)15-4-6-20(9-15)29-8-7-18-12-24-14-25-23(18)29/h3,5,7-8,10-15,20H,1-2,4,6,9H2,(H,26,27,28). The van der Waals surface area contributed by atoms with E-state index in [0.717, 1.165) is 39.9 Å². The zero-order chi connectivity index (χ0) is 19.2. The van der Waals surface area contributed by atoms with E-state index in [9.17, 15) is 0 Å². The number of H-pyrrole nitrogens is 1. The van der Waals surface area contributed by atoms with Gasteiger partial charge in [-0.2, -0.15) is 5.10 Å². The lowest BCUT2D eigenvalue weighted by atomic mass is 9.97. The fourth-order valence-corrected chi connectivity index (χ4v) is 4.86. The van der Waals surface area contributed by atoms with Crippen molar-refractivity contribution in [2.75, 3.05) is 0 Å². The van der Waals surface area contributed by atoms with Gasteiger partial charge < -0.3 is 4.57 Å². The maximum atomic E-state index is 4.72. The lowest BCUT2D eigenvalue weighted by Gasteiger charge is -2.14. The molecule has 0 radical (unpaired) electrons. The molecule has 0 saturated heterocycles. The second-order valence-corrected chi connectivity index (χ2v) is 8.22. The molecule has 0 aliphatic heterocycles. The predicted octanol–water partition coefficient (Wildman–Crippen LogP) is 4.83. The minimum absolute atomic E-state index is 0.555. The third-order valence-electron chi connectivity index (χ3n) is 6.41. The Balaban J connectivity index is 1.16. The molecule has 2 unspecified atom stereocenters. The lowest BCUT2D eigenvalue weighted by molar-refractivity contribution is 0.461. The van der Waals surface area contributed by atoms with E-state index in [4.69, 9.17) is 4.98 Å². The number of aryl methyl sites for hydroxylation is 1. The highest BCUT2D eigenvalue weighted by molar-refractivity contribution is 5.90. The zero-order valence-corrected chi connectivity index (χ0v) is 16.1. The second kappa shape index (κ2) is 6.65. The molecule has 1 N–H and O–H groups in total. The SMILES string of the molecule is c1ncc2ccn(C3CCC(CCc4ccc5cc6cn[nH]c6nc5c4)C3)c2n1. The Kier molecular flexibility index (Phi) is 3.82. The zero-order valence-electron chi connectivity index (χ0n) is 16.1. The van der Waals surface area contributed by atoms with Crippen molar-refractivity contribution in [2.24, 2.45) is 5.92 Å². The van der Waals surface area contributed by atoms with Crippen LogP contribution in [0.2, 0.25) is 0 Å². The molecule has 5 aromatic rings. The summed E-state index contributed by atoms with van der Waals surface area (Å²) in [5.74, 6) is 0.762. The first-order valence-electron chi connectivity index (χ1n) is 10.3. The summed E-state index contributed by atoms with van der Waals surface area (Å²) in [4.78, 5) is 13.3. The summed E-state index contributed by atoms with van der Waals surface area (Å²) in [5.41, 5.74) is 4.33. The molecular formula is C23H22N6. The van der Waals surface area contributed by atoms with E-state index in [1.807, 2.05) is 12.4 Å². The maximum Gasteiger partial charge on any atom is 0.155 e. The highest BCUT2D eigenvalue weighted by atomic mass is 15.1. The van der Waals surface area contributed by atoms with Crippen molar-refractivity contribution in [3.63, 3.8) is 0 Å². The van der Waals surface area contributed by atoms with Crippen molar-refractivity contribution in [1.82, 2.24) is 29.7 Å². The maximum absolute atomic E-state index is 4.72. The largest absolute Gasteiger partial charge is 0.329 e. The van der Waals surface area contributed by atoms with E-state index in [1.165, 1.54) is 36.6 Å². The van der Waals surface area contributed by atoms with Crippen LogP contribution in [0.4, 0.5) is 0 Å². The average Bonchev–Trinajstić information content (AvgIpc) is 3.49. The summed E-state index contributed by atoms with van der Waals surface area (Å²) < 4.78 is 2.35. The van der Waals surface area contributed by atoms with Crippen molar-refractivity contribution >= 4 is 33.0 Å². The van der Waals surface area contributed by atoms with Gasteiger partial charge in [0.2, 0.25) is 0 Å². The predicted molar refractivity (Wildman–Crippen MR) is 114 cm³/mol. The summed E-state index contributed by atoms with van der Waals surface area (Å²) in [6.45, 7) is 0. The van der Waals surface area contributed by atoms with E-state index in [-0.39, 0.29) is 0 Å². The minimum Gasteiger partial charge on any atom is -0.329 e. The van der Waals surface area contributed by atoms with Gasteiger partial charge in [-0.15, -0.1) is 0 Å². The molecule has 1 aliphatic carbocycles. The molecule has 29 heavy (non-hydrogen) atoms. The highest BCUT2D eigenvalue weighted by Crippen LogP contribution is 2.38. The van der Waals surface area contributed by atoms with Gasteiger partial charge in [0.25, 0.3) is 0 Å². The Morgan fingerprint density at radius 1 is 1.03 bits per heavy atom. The lowest BCUT2D eigenvalue weighted by Crippen LogP contribution is -2.05. The second-order valence-electron chi connectivity index (χ2n) is 8.22. The highest BCUT2D eigenvalue weighted by Gasteiger charge is 2.26. The molecule has 4 aromatic heterocycles. The van der Waals surface area contributed by atoms with Gasteiger partial charge in [-0.05, 0) is 61.8 Å². The molecule has 1 aliphatic rings. The molecule has 0 bridgehead atoms. The fourth-order valence-electron chi connectivity index (χ4n) is 4.86. The monoisotopic (exact) mass is 382 g/mol. The summed E-state index contributed by atoms with van der Waals surface area (Å²) in [6, 6.07) is 11.5. The smallest absolute Gasteiger partial charge is 0.155 e. The first kappa shape index (κ1) is 16.7. The van der Waals surface area contributed by atoms with Crippen LogP contribution in [-0.2, 0) is 6.42 Å². The van der Waals surface area contributed by atoms with Crippen LogP contribution in [0.5, 0.6) is 0 Å². The number of benzene rings is 1. The molecule has 6 nitrogen and oxygen atoms in total. The Hall–Kier alpha value is -3.28. The van der Waals surface area contributed by atoms with E-state index in [2.05, 4.69) is 61.3 Å². The first-order valence-corrected chi connectivity index (χ1v) is 10.3. The van der Waals surface area contributed by atoms with Crippen LogP contribution < -0.4 is 0 Å². The summed E-state index contributed by atoms with van der Waals surface area (Å²) >= 11 is 0. The molecule has 0 spiro atoms. The quantitative estimate of drug-likeness (QED) is 0.483. The topological polar surface area (TPSA) is 72.3 Å². The van der Waals surface area contributed by atoms with Crippen LogP contribution in [0, 0.1) is 5.92 Å². The van der Waals surface area contributed by atoms with E-state index < -0.39 is 0 Å². The Morgan fingerprint density at radius 2 is 2.03 bits per heavy atom. The Morgan fingerprint density at radius 3 is 3.03 bits per heavy atom. The van der Waals surface area contributed by atoms with Crippen LogP contribution in [0.3, 0.4) is 0 Å². The van der Waals surface area contributed by atoms with Gasteiger partial charge in [-0.1, -0.05) is 12.1 Å². The van der Waals surface area contributed by atoms with E-state index in [1.54, 1.807) is 6.33 Å². The summed E-state index contributed by atoms with van der Waals surface area (Å²) in [5, 5.41) is 10.4. The fraction of sp³-hybridized carbons (Fsp3) is 0.304. The number of pyridine rings is 1. The molecule has 6 heteroatoms. The molecule has 6 rings (SSSR count). The molecule has 1 fully saturated rings. The molecule has 4 heterocycles. The number of aromatic amines is 1. The number of nitrogens with zero attached hydrogens (tertiary/aromatic N) is 5. The van der Waals surface area contributed by atoms with Gasteiger partial charge in [-0.3, -0.25) is 5.10 Å². The summed E-state index contributed by atoms with van der Waals surface area (Å²) in [6.07, 6.45) is 13.6. The van der Waals surface area contributed by atoms with Gasteiger partial charge in [0, 0.05) is 34.6 Å². The Labute approximate surface area is 168 Å².